The average Bonchev–Trinajstić information content (AvgIpc) is 2.43. The Morgan fingerprint density at radius 3 is 2.48 bits per heavy atom. The van der Waals surface area contributed by atoms with Gasteiger partial charge >= 0.3 is 0 Å². The van der Waals surface area contributed by atoms with E-state index in [2.05, 4.69) is 5.32 Å². The minimum atomic E-state index is -2.53. The second-order valence-electron chi connectivity index (χ2n) is 4.23. The van der Waals surface area contributed by atoms with Gasteiger partial charge in [-0.25, -0.2) is 0 Å². The number of amides is 1. The highest BCUT2D eigenvalue weighted by atomic mass is 35.5. The Hall–Kier alpha value is -1.59. The summed E-state index contributed by atoms with van der Waals surface area (Å²) < 4.78 is 24.9. The molecule has 0 saturated heterocycles. The third-order valence-electron chi connectivity index (χ3n) is 2.66. The molecule has 2 aromatic carbocycles. The molecule has 1 N–H and O–H groups in total. The summed E-state index contributed by atoms with van der Waals surface area (Å²) >= 11 is 6.18. The molecule has 0 aromatic heterocycles. The smallest absolute Gasteiger partial charge is 0.288 e. The van der Waals surface area contributed by atoms with Crippen LogP contribution in [0, 0.1) is 0 Å². The molecule has 0 heterocycles. The van der Waals surface area contributed by atoms with Gasteiger partial charge in [0.2, 0.25) is 5.91 Å². The lowest BCUT2D eigenvalue weighted by Crippen LogP contribution is -2.15. The summed E-state index contributed by atoms with van der Waals surface area (Å²) in [6, 6.07) is 13.4. The molecule has 2 aromatic rings. The zero-order valence-corrected chi connectivity index (χ0v) is 12.4. The molecule has 0 aliphatic carbocycles. The van der Waals surface area contributed by atoms with Crippen LogP contribution in [0.1, 0.15) is 5.56 Å². The van der Waals surface area contributed by atoms with E-state index in [-0.39, 0.29) is 12.3 Å². The van der Waals surface area contributed by atoms with E-state index in [1.54, 1.807) is 48.5 Å². The van der Waals surface area contributed by atoms with Crippen LogP contribution in [0.2, 0.25) is 5.02 Å². The van der Waals surface area contributed by atoms with Crippen molar-refractivity contribution in [2.75, 3.05) is 5.32 Å². The topological polar surface area (TPSA) is 29.1 Å². The van der Waals surface area contributed by atoms with Crippen molar-refractivity contribution in [3.63, 3.8) is 0 Å². The molecule has 0 fully saturated rings. The van der Waals surface area contributed by atoms with Crippen LogP contribution in [0.15, 0.2) is 53.4 Å². The van der Waals surface area contributed by atoms with E-state index in [1.807, 2.05) is 0 Å². The fraction of sp³-hybridized carbons (Fsp3) is 0.133. The van der Waals surface area contributed by atoms with Gasteiger partial charge in [-0.05, 0) is 29.8 Å². The average molecular weight is 328 g/mol. The molecule has 1 amide bonds. The molecule has 110 valence electrons. The number of rotatable bonds is 5. The SMILES string of the molecule is O=C(Cc1ccc(Cl)cc1)Nc1ccccc1SC(F)F. The number of carbonyl (C=O) groups is 1. The van der Waals surface area contributed by atoms with Gasteiger partial charge in [0.25, 0.3) is 5.76 Å². The number of para-hydroxylation sites is 1. The zero-order valence-electron chi connectivity index (χ0n) is 10.9. The minimum absolute atomic E-state index is 0.158. The molecule has 2 rings (SSSR count). The molecule has 0 spiro atoms. The molecular weight excluding hydrogens is 316 g/mol. The number of anilines is 1. The Bertz CT molecular complexity index is 619. The molecule has 0 saturated carbocycles. The van der Waals surface area contributed by atoms with Gasteiger partial charge in [-0.15, -0.1) is 0 Å². The minimum Gasteiger partial charge on any atom is -0.325 e. The number of hydrogen-bond acceptors (Lipinski definition) is 2. The number of benzene rings is 2. The predicted molar refractivity (Wildman–Crippen MR) is 82.1 cm³/mol. The molecule has 0 aliphatic heterocycles. The normalized spacial score (nSPS) is 10.7. The van der Waals surface area contributed by atoms with Gasteiger partial charge in [-0.1, -0.05) is 47.6 Å². The quantitative estimate of drug-likeness (QED) is 0.796. The first kappa shape index (κ1) is 15.8. The number of nitrogens with one attached hydrogen (secondary N) is 1. The molecule has 0 bridgehead atoms. The van der Waals surface area contributed by atoms with E-state index in [9.17, 15) is 13.6 Å². The zero-order chi connectivity index (χ0) is 15.2. The Morgan fingerprint density at radius 2 is 1.81 bits per heavy atom. The summed E-state index contributed by atoms with van der Waals surface area (Å²) in [5.74, 6) is -2.79. The first-order chi connectivity index (χ1) is 10.0. The molecule has 2 nitrogen and oxygen atoms in total. The monoisotopic (exact) mass is 327 g/mol. The van der Waals surface area contributed by atoms with Crippen LogP contribution >= 0.6 is 23.4 Å². The van der Waals surface area contributed by atoms with Gasteiger partial charge in [0.05, 0.1) is 12.1 Å². The van der Waals surface area contributed by atoms with Crippen LogP contribution < -0.4 is 5.32 Å². The molecule has 0 aliphatic rings. The van der Waals surface area contributed by atoms with Crippen molar-refractivity contribution in [2.24, 2.45) is 0 Å². The molecule has 6 heteroatoms. The van der Waals surface area contributed by atoms with Gasteiger partial charge in [-0.2, -0.15) is 8.78 Å². The lowest BCUT2D eigenvalue weighted by atomic mass is 10.1. The van der Waals surface area contributed by atoms with Gasteiger partial charge in [-0.3, -0.25) is 4.79 Å². The van der Waals surface area contributed by atoms with E-state index in [0.29, 0.717) is 27.4 Å². The number of thioether (sulfide) groups is 1. The van der Waals surface area contributed by atoms with Gasteiger partial charge in [0, 0.05) is 9.92 Å². The van der Waals surface area contributed by atoms with E-state index < -0.39 is 5.76 Å². The second-order valence-corrected chi connectivity index (χ2v) is 5.69. The first-order valence-electron chi connectivity index (χ1n) is 6.13. The van der Waals surface area contributed by atoms with Crippen molar-refractivity contribution in [3.05, 3.63) is 59.1 Å². The molecular formula is C15H12ClF2NOS. The van der Waals surface area contributed by atoms with Crippen molar-refractivity contribution in [1.82, 2.24) is 0 Å². The highest BCUT2D eigenvalue weighted by molar-refractivity contribution is 7.99. The van der Waals surface area contributed by atoms with Gasteiger partial charge in [0.15, 0.2) is 0 Å². The lowest BCUT2D eigenvalue weighted by molar-refractivity contribution is -0.115. The van der Waals surface area contributed by atoms with E-state index >= 15 is 0 Å². The Labute approximate surface area is 130 Å². The number of hydrogen-bond donors (Lipinski definition) is 1. The van der Waals surface area contributed by atoms with Crippen LogP contribution in [0.3, 0.4) is 0 Å². The Morgan fingerprint density at radius 1 is 1.14 bits per heavy atom. The van der Waals surface area contributed by atoms with Crippen molar-refractivity contribution in [1.29, 1.82) is 0 Å². The number of halogens is 3. The van der Waals surface area contributed by atoms with Crippen molar-refractivity contribution in [3.8, 4) is 0 Å². The van der Waals surface area contributed by atoms with Crippen molar-refractivity contribution >= 4 is 35.0 Å². The maximum atomic E-state index is 12.5. The van der Waals surface area contributed by atoms with Crippen LogP contribution in [-0.2, 0) is 11.2 Å². The molecule has 0 atom stereocenters. The van der Waals surface area contributed by atoms with E-state index in [4.69, 9.17) is 11.6 Å². The summed E-state index contributed by atoms with van der Waals surface area (Å²) in [5.41, 5.74) is 1.19. The number of alkyl halides is 2. The van der Waals surface area contributed by atoms with Crippen molar-refractivity contribution < 1.29 is 13.6 Å². The van der Waals surface area contributed by atoms with E-state index in [1.165, 1.54) is 0 Å². The van der Waals surface area contributed by atoms with Gasteiger partial charge in [0.1, 0.15) is 0 Å². The molecule has 0 unspecified atom stereocenters. The third kappa shape index (κ3) is 5.02. The summed E-state index contributed by atoms with van der Waals surface area (Å²) in [7, 11) is 0. The standard InChI is InChI=1S/C15H12ClF2NOS/c16-11-7-5-10(6-8-11)9-14(20)19-12-3-1-2-4-13(12)21-15(17)18/h1-8,15H,9H2,(H,19,20). The third-order valence-corrected chi connectivity index (χ3v) is 3.70. The van der Waals surface area contributed by atoms with Gasteiger partial charge < -0.3 is 5.32 Å². The summed E-state index contributed by atoms with van der Waals surface area (Å²) in [5, 5.41) is 3.25. The Kier molecular flexibility index (Phi) is 5.59. The highest BCUT2D eigenvalue weighted by Crippen LogP contribution is 2.31. The largest absolute Gasteiger partial charge is 0.325 e. The van der Waals surface area contributed by atoms with E-state index in [0.717, 1.165) is 5.56 Å². The summed E-state index contributed by atoms with van der Waals surface area (Å²) in [6.07, 6.45) is 0.158. The predicted octanol–water partition coefficient (Wildman–Crippen LogP) is 4.84. The fourth-order valence-electron chi connectivity index (χ4n) is 1.75. The number of carbonyl (C=O) groups excluding carboxylic acids is 1. The summed E-state index contributed by atoms with van der Waals surface area (Å²) in [4.78, 5) is 12.3. The maximum Gasteiger partial charge on any atom is 0.288 e. The summed E-state index contributed by atoms with van der Waals surface area (Å²) in [6.45, 7) is 0. The first-order valence-corrected chi connectivity index (χ1v) is 7.38. The molecule has 0 radical (unpaired) electrons. The second kappa shape index (κ2) is 7.43. The van der Waals surface area contributed by atoms with Crippen LogP contribution in [0.5, 0.6) is 0 Å². The fourth-order valence-corrected chi connectivity index (χ4v) is 2.47. The van der Waals surface area contributed by atoms with Crippen LogP contribution in [-0.4, -0.2) is 11.7 Å². The lowest BCUT2D eigenvalue weighted by Gasteiger charge is -2.10. The maximum absolute atomic E-state index is 12.5. The van der Waals surface area contributed by atoms with Crippen molar-refractivity contribution in [2.45, 2.75) is 17.1 Å². The molecule has 21 heavy (non-hydrogen) atoms. The highest BCUT2D eigenvalue weighted by Gasteiger charge is 2.12. The Balaban J connectivity index is 2.04. The van der Waals surface area contributed by atoms with Crippen LogP contribution in [0.4, 0.5) is 14.5 Å². The van der Waals surface area contributed by atoms with Crippen LogP contribution in [0.25, 0.3) is 0 Å².